The molecule has 3 aromatic carbocycles. The van der Waals surface area contributed by atoms with Gasteiger partial charge in [0.25, 0.3) is 0 Å². The first-order valence-corrected chi connectivity index (χ1v) is 22.5. The molecule has 3 fully saturated rings. The van der Waals surface area contributed by atoms with Crippen LogP contribution in [-0.4, -0.2) is 141 Å². The van der Waals surface area contributed by atoms with Crippen LogP contribution in [0.15, 0.2) is 27.4 Å². The highest BCUT2D eigenvalue weighted by atomic mass is 16.8. The number of ether oxygens (including phenoxy) is 9. The summed E-state index contributed by atoms with van der Waals surface area (Å²) in [5.74, 6) is -3.48. The Morgan fingerprint density at radius 3 is 2.01 bits per heavy atom. The lowest BCUT2D eigenvalue weighted by Crippen LogP contribution is -2.56. The molecule has 3 unspecified atom stereocenters. The fourth-order valence-electron chi connectivity index (χ4n) is 10.3. The van der Waals surface area contributed by atoms with E-state index in [2.05, 4.69) is 0 Å². The molecule has 0 radical (unpaired) electrons. The number of phenolic OH excluding ortho intramolecular Hbond substituents is 3. The number of aromatic hydroxyl groups is 3. The van der Waals surface area contributed by atoms with E-state index in [0.717, 1.165) is 6.42 Å². The van der Waals surface area contributed by atoms with E-state index in [-0.39, 0.29) is 76.2 Å². The average Bonchev–Trinajstić information content (AvgIpc) is 3.27. The number of carbonyl (C=O) groups is 1. The molecule has 0 bridgehead atoms. The fraction of sp³-hybridized carbons (Fsp3) is 0.574. The normalized spacial score (nSPS) is 34.0. The zero-order valence-electron chi connectivity index (χ0n) is 37.6. The van der Waals surface area contributed by atoms with Gasteiger partial charge in [0.1, 0.15) is 70.0 Å². The molecule has 3 saturated heterocycles. The maximum Gasteiger partial charge on any atom is 0.342 e. The van der Waals surface area contributed by atoms with Gasteiger partial charge in [-0.3, -0.25) is 4.79 Å². The lowest BCUT2D eigenvalue weighted by Gasteiger charge is -2.44. The van der Waals surface area contributed by atoms with Gasteiger partial charge in [0.15, 0.2) is 35.4 Å². The number of hydrogen-bond donors (Lipinski definition) is 8. The molecule has 67 heavy (non-hydrogen) atoms. The molecule has 20 nitrogen and oxygen atoms in total. The van der Waals surface area contributed by atoms with E-state index in [0.29, 0.717) is 12.0 Å². The summed E-state index contributed by atoms with van der Waals surface area (Å²) in [6.45, 7) is 6.97. The first-order chi connectivity index (χ1) is 31.9. The maximum atomic E-state index is 14.5. The van der Waals surface area contributed by atoms with Gasteiger partial charge < -0.3 is 87.9 Å². The van der Waals surface area contributed by atoms with Gasteiger partial charge in [0, 0.05) is 49.5 Å². The van der Waals surface area contributed by atoms with Crippen LogP contribution in [0.4, 0.5) is 0 Å². The highest BCUT2D eigenvalue weighted by Gasteiger charge is 2.47. The van der Waals surface area contributed by atoms with E-state index in [1.165, 1.54) is 32.4 Å². The number of aliphatic hydroxyl groups excluding tert-OH is 5. The van der Waals surface area contributed by atoms with E-state index >= 15 is 0 Å². The number of methoxy groups -OCH3 is 2. The predicted molar refractivity (Wildman–Crippen MR) is 231 cm³/mol. The number of carbonyl (C=O) groups excluding carboxylic acids is 1. The summed E-state index contributed by atoms with van der Waals surface area (Å²) in [6.07, 6.45) is -12.6. The van der Waals surface area contributed by atoms with E-state index in [4.69, 9.17) is 47.0 Å². The monoisotopic (exact) mass is 953 g/mol. The Balaban J connectivity index is 0.960. The summed E-state index contributed by atoms with van der Waals surface area (Å²) in [7, 11) is 2.70. The van der Waals surface area contributed by atoms with Crippen molar-refractivity contribution in [1.82, 2.24) is 0 Å². The Bertz CT molecular complexity index is 2590. The molecule has 4 aromatic rings. The summed E-state index contributed by atoms with van der Waals surface area (Å²) in [5.41, 5.74) is -2.11. The van der Waals surface area contributed by atoms with Crippen LogP contribution in [0, 0.1) is 0 Å². The van der Waals surface area contributed by atoms with Gasteiger partial charge in [0.05, 0.1) is 43.7 Å². The second-order valence-corrected chi connectivity index (χ2v) is 18.0. The van der Waals surface area contributed by atoms with Crippen LogP contribution in [-0.2, 0) is 39.6 Å². The summed E-state index contributed by atoms with van der Waals surface area (Å²) in [4.78, 5) is 27.8. The second kappa shape index (κ2) is 18.2. The largest absolute Gasteiger partial charge is 0.506 e. The highest BCUT2D eigenvalue weighted by molar-refractivity contribution is 6.07. The summed E-state index contributed by atoms with van der Waals surface area (Å²) < 4.78 is 58.8. The van der Waals surface area contributed by atoms with Gasteiger partial charge in [-0.1, -0.05) is 19.4 Å². The van der Waals surface area contributed by atoms with Crippen molar-refractivity contribution >= 4 is 27.9 Å². The zero-order chi connectivity index (χ0) is 47.9. The van der Waals surface area contributed by atoms with Gasteiger partial charge in [-0.15, -0.1) is 0 Å². The molecule has 1 aliphatic carbocycles. The van der Waals surface area contributed by atoms with Crippen LogP contribution < -0.4 is 14.9 Å². The number of cyclic esters (lactones) is 1. The number of aliphatic hydroxyl groups is 5. The molecule has 0 spiro atoms. The van der Waals surface area contributed by atoms with Crippen LogP contribution in [0.1, 0.15) is 99.1 Å². The second-order valence-electron chi connectivity index (χ2n) is 18.0. The van der Waals surface area contributed by atoms with Crippen molar-refractivity contribution in [1.29, 1.82) is 0 Å². The lowest BCUT2D eigenvalue weighted by atomic mass is 9.99. The zero-order valence-corrected chi connectivity index (χ0v) is 37.6. The number of esters is 1. The summed E-state index contributed by atoms with van der Waals surface area (Å²) in [5, 5.41) is 90.2. The Kier molecular flexibility index (Phi) is 12.9. The number of hydrogen-bond acceptors (Lipinski definition) is 20. The first kappa shape index (κ1) is 47.2. The number of phenols is 3. The number of fused-ring (bicyclic) bond motifs is 6. The molecule has 15 atom stereocenters. The highest BCUT2D eigenvalue weighted by Crippen LogP contribution is 2.58. The molecule has 0 saturated carbocycles. The molecule has 20 heteroatoms. The third kappa shape index (κ3) is 8.04. The molecular weight excluding hydrogens is 897 g/mol. The smallest absolute Gasteiger partial charge is 0.342 e. The van der Waals surface area contributed by atoms with Gasteiger partial charge in [-0.25, -0.2) is 4.79 Å². The molecule has 4 aliphatic heterocycles. The van der Waals surface area contributed by atoms with Crippen LogP contribution >= 0.6 is 0 Å². The Labute approximate surface area is 383 Å². The predicted octanol–water partition coefficient (Wildman–Crippen LogP) is 3.35. The van der Waals surface area contributed by atoms with Crippen LogP contribution in [0.2, 0.25) is 0 Å². The minimum absolute atomic E-state index is 0.0116. The fourth-order valence-corrected chi connectivity index (χ4v) is 10.3. The Morgan fingerprint density at radius 2 is 1.37 bits per heavy atom. The van der Waals surface area contributed by atoms with Crippen molar-refractivity contribution in [2.24, 2.45) is 0 Å². The molecule has 1 aromatic heterocycles. The third-order valence-electron chi connectivity index (χ3n) is 13.6. The van der Waals surface area contributed by atoms with Crippen LogP contribution in [0.5, 0.6) is 28.7 Å². The molecular formula is C47H56O20. The standard InChI is InChI=1S/C47H56O20/c1-7-8-20-11-19-12-21-31(39(53)30(19)47(57)63-20)33-34(42(56)37(21)51)45(59-6)46-35(41(33)55)40(54)32-24(65-46)9-10-25(38(32)52)64-27-13-22(48)43(17(3)61-27)66-28-14-23(49)44(18(4)62-28)67-29-15-26(58-5)36(50)16(2)60-29/h9-10,12,16-18,20,22-23,26-29,36-37,42-44,48-53,55-56H,7-8,11,13-15H2,1-6H3/t16-,17-,18-,20?,22-,23-,26-,27+,28+,29+,36-,37?,42?,43-,44-/m1/s1/i7+1,9+1,19+1,20+1,21+1,25+1,32+1,33+1,35+1,39+1,42+1,45+1,47+1. The van der Waals surface area contributed by atoms with Gasteiger partial charge in [0.2, 0.25) is 11.7 Å². The average molecular weight is 954 g/mol. The molecule has 9 rings (SSSR count). The topological polar surface area (TPSA) is 292 Å². The van der Waals surface area contributed by atoms with Crippen molar-refractivity contribution < 1.29 is 92.7 Å². The van der Waals surface area contributed by atoms with Crippen LogP contribution in [0.25, 0.3) is 33.1 Å². The van der Waals surface area contributed by atoms with Crippen molar-refractivity contribution in [2.75, 3.05) is 14.2 Å². The summed E-state index contributed by atoms with van der Waals surface area (Å²) >= 11 is 0. The Morgan fingerprint density at radius 1 is 0.731 bits per heavy atom. The SMILES string of the molecule is C[13CH2]C[13CH]1C[13c]2c[13c]3c([13c](O)c2[13C](=O)O1)-[13c]1c([13c](OC)c2oc4[13cH]c[13c](O[C@H]5C[C@@H](O)[C@H](O[C@H]6C[C@@H](O)[C@H](O[C@H]7C[C@@H](OC)[C@H](O)[C@@H](C)O7)[C@@H](C)O6)[C@@H](C)O5)c(O)[13c]4c(=O)[13c]2c1O)[13CH](O)C3O. The van der Waals surface area contributed by atoms with Crippen molar-refractivity contribution in [3.8, 4) is 39.9 Å². The first-order valence-electron chi connectivity index (χ1n) is 22.5. The maximum absolute atomic E-state index is 14.5. The van der Waals surface area contributed by atoms with Crippen LogP contribution in [0.3, 0.4) is 0 Å². The molecule has 0 amide bonds. The lowest BCUT2D eigenvalue weighted by molar-refractivity contribution is -0.331. The van der Waals surface area contributed by atoms with E-state index in [1.54, 1.807) is 20.8 Å². The molecule has 5 aliphatic rings. The molecule has 5 heterocycles. The summed E-state index contributed by atoms with van der Waals surface area (Å²) in [6, 6.07) is 4.09. The quantitative estimate of drug-likeness (QED) is 0.0642. The van der Waals surface area contributed by atoms with E-state index < -0.39 is 132 Å². The third-order valence-corrected chi connectivity index (χ3v) is 13.6. The van der Waals surface area contributed by atoms with Gasteiger partial charge in [-0.05, 0) is 50.5 Å². The van der Waals surface area contributed by atoms with Crippen molar-refractivity contribution in [2.45, 2.75) is 158 Å². The van der Waals surface area contributed by atoms with E-state index in [1.807, 2.05) is 6.92 Å². The number of rotatable bonds is 10. The van der Waals surface area contributed by atoms with Gasteiger partial charge in [-0.2, -0.15) is 0 Å². The van der Waals surface area contributed by atoms with Gasteiger partial charge >= 0.3 is 5.97 Å². The minimum atomic E-state index is -1.76. The Hall–Kier alpha value is -4.84. The molecule has 364 valence electrons. The van der Waals surface area contributed by atoms with E-state index in [9.17, 15) is 50.4 Å². The van der Waals surface area contributed by atoms with Crippen molar-refractivity contribution in [3.05, 3.63) is 50.7 Å². The minimum Gasteiger partial charge on any atom is -0.506 e. The molecule has 8 N–H and O–H groups in total. The number of benzene rings is 3. The van der Waals surface area contributed by atoms with Crippen molar-refractivity contribution in [3.63, 3.8) is 0 Å².